The third-order valence-electron chi connectivity index (χ3n) is 6.05. The number of benzene rings is 2. The number of nitriles is 1. The molecule has 0 unspecified atom stereocenters. The van der Waals surface area contributed by atoms with Crippen molar-refractivity contribution in [1.82, 2.24) is 9.55 Å². The summed E-state index contributed by atoms with van der Waals surface area (Å²) in [5.74, 6) is 1.90. The third-order valence-corrected chi connectivity index (χ3v) is 6.05. The van der Waals surface area contributed by atoms with Gasteiger partial charge in [-0.05, 0) is 61.7 Å². The molecule has 2 aromatic heterocycles. The predicted molar refractivity (Wildman–Crippen MR) is 132 cm³/mol. The largest absolute Gasteiger partial charge is 0.497 e. The first kappa shape index (κ1) is 23.1. The number of anilines is 1. The van der Waals surface area contributed by atoms with E-state index in [-0.39, 0.29) is 0 Å². The molecule has 0 saturated heterocycles. The van der Waals surface area contributed by atoms with E-state index in [4.69, 9.17) is 24.9 Å². The quantitative estimate of drug-likeness (QED) is 0.414. The number of pyridine rings is 1. The molecule has 0 atom stereocenters. The molecule has 0 radical (unpaired) electrons. The van der Waals surface area contributed by atoms with Gasteiger partial charge in [-0.2, -0.15) is 5.26 Å². The zero-order valence-corrected chi connectivity index (χ0v) is 20.1. The Labute approximate surface area is 199 Å². The van der Waals surface area contributed by atoms with Crippen molar-refractivity contribution in [2.75, 3.05) is 20.0 Å². The van der Waals surface area contributed by atoms with Crippen molar-refractivity contribution in [3.8, 4) is 23.3 Å². The van der Waals surface area contributed by atoms with Gasteiger partial charge in [-0.25, -0.2) is 4.98 Å². The molecule has 4 rings (SSSR count). The molecular formula is C27H28N4O3. The second-order valence-electron chi connectivity index (χ2n) is 8.24. The van der Waals surface area contributed by atoms with Crippen LogP contribution in [0.1, 0.15) is 33.5 Å². The fourth-order valence-corrected chi connectivity index (χ4v) is 4.20. The average molecular weight is 457 g/mol. The molecule has 7 heteroatoms. The van der Waals surface area contributed by atoms with Crippen LogP contribution in [0.15, 0.2) is 42.5 Å². The molecule has 0 bridgehead atoms. The van der Waals surface area contributed by atoms with Crippen LogP contribution in [-0.4, -0.2) is 23.8 Å². The average Bonchev–Trinajstić information content (AvgIpc) is 3.09. The van der Waals surface area contributed by atoms with E-state index >= 15 is 0 Å². The Balaban J connectivity index is 1.81. The Hall–Kier alpha value is -4.02. The van der Waals surface area contributed by atoms with E-state index in [9.17, 15) is 5.26 Å². The van der Waals surface area contributed by atoms with Crippen LogP contribution >= 0.6 is 0 Å². The van der Waals surface area contributed by atoms with Gasteiger partial charge in [-0.3, -0.25) is 4.57 Å². The topological polar surface area (TPSA) is 95.3 Å². The molecule has 0 fully saturated rings. The number of hydrogen-bond acceptors (Lipinski definition) is 6. The number of nitrogens with zero attached hydrogens (tertiary/aromatic N) is 3. The first-order valence-electron chi connectivity index (χ1n) is 10.9. The van der Waals surface area contributed by atoms with Gasteiger partial charge >= 0.3 is 0 Å². The first-order valence-corrected chi connectivity index (χ1v) is 10.9. The van der Waals surface area contributed by atoms with Crippen LogP contribution in [0.2, 0.25) is 0 Å². The van der Waals surface area contributed by atoms with Gasteiger partial charge in [-0.1, -0.05) is 18.2 Å². The summed E-state index contributed by atoms with van der Waals surface area (Å²) in [6.45, 7) is 6.77. The van der Waals surface area contributed by atoms with E-state index in [0.29, 0.717) is 35.6 Å². The van der Waals surface area contributed by atoms with Crippen LogP contribution in [0.3, 0.4) is 0 Å². The summed E-state index contributed by atoms with van der Waals surface area (Å²) in [6.07, 6.45) is 0. The number of ether oxygens (including phenoxy) is 3. The van der Waals surface area contributed by atoms with E-state index in [0.717, 1.165) is 45.1 Å². The highest BCUT2D eigenvalue weighted by Crippen LogP contribution is 2.36. The van der Waals surface area contributed by atoms with E-state index in [1.54, 1.807) is 14.2 Å². The van der Waals surface area contributed by atoms with Crippen LogP contribution in [0.4, 0.5) is 5.82 Å². The molecule has 174 valence electrons. The van der Waals surface area contributed by atoms with Crippen molar-refractivity contribution >= 4 is 16.9 Å². The fourth-order valence-electron chi connectivity index (χ4n) is 4.20. The first-order chi connectivity index (χ1) is 16.4. The molecule has 2 aromatic carbocycles. The Morgan fingerprint density at radius 3 is 2.41 bits per heavy atom. The van der Waals surface area contributed by atoms with Gasteiger partial charge in [0, 0.05) is 23.8 Å². The van der Waals surface area contributed by atoms with Gasteiger partial charge in [-0.15, -0.1) is 0 Å². The van der Waals surface area contributed by atoms with Gasteiger partial charge in [0.1, 0.15) is 41.2 Å². The monoisotopic (exact) mass is 456 g/mol. The maximum atomic E-state index is 9.87. The van der Waals surface area contributed by atoms with Crippen LogP contribution in [0.25, 0.3) is 16.7 Å². The highest BCUT2D eigenvalue weighted by atomic mass is 16.5. The number of nitrogen functional groups attached to an aromatic ring is 1. The molecule has 0 spiro atoms. The lowest BCUT2D eigenvalue weighted by atomic mass is 10.1. The van der Waals surface area contributed by atoms with Crippen LogP contribution in [0, 0.1) is 32.1 Å². The van der Waals surface area contributed by atoms with Crippen molar-refractivity contribution in [2.45, 2.75) is 34.0 Å². The second kappa shape index (κ2) is 9.46. The third kappa shape index (κ3) is 4.04. The Morgan fingerprint density at radius 1 is 1.03 bits per heavy atom. The zero-order chi connectivity index (χ0) is 24.4. The minimum Gasteiger partial charge on any atom is -0.497 e. The number of methoxy groups -OCH3 is 2. The highest BCUT2D eigenvalue weighted by Gasteiger charge is 2.22. The number of aryl methyl sites for hydroxylation is 2. The summed E-state index contributed by atoms with van der Waals surface area (Å²) in [5, 5.41) is 10.6. The number of aromatic nitrogens is 2. The Kier molecular flexibility index (Phi) is 6.44. The fraction of sp³-hybridized carbons (Fsp3) is 0.259. The van der Waals surface area contributed by atoms with E-state index in [1.165, 1.54) is 0 Å². The highest BCUT2D eigenvalue weighted by molar-refractivity contribution is 5.92. The normalized spacial score (nSPS) is 10.9. The Bertz CT molecular complexity index is 1400. The van der Waals surface area contributed by atoms with E-state index in [2.05, 4.69) is 6.07 Å². The Morgan fingerprint density at radius 2 is 1.76 bits per heavy atom. The summed E-state index contributed by atoms with van der Waals surface area (Å²) >= 11 is 0. The standard InChI is InChI=1S/C27H28N4O3/c1-16-6-11-24(34-14-19-7-9-21(33-5)10-8-19)17(2)25(16)31-26(29)23(13-28)22-12-20(15-32-4)18(3)30-27(22)31/h6-12H,14-15,29H2,1-5H3. The second-order valence-corrected chi connectivity index (χ2v) is 8.24. The van der Waals surface area contributed by atoms with Crippen molar-refractivity contribution in [1.29, 1.82) is 5.26 Å². The summed E-state index contributed by atoms with van der Waals surface area (Å²) in [5.41, 5.74) is 13.2. The molecule has 4 aromatic rings. The molecular weight excluding hydrogens is 428 g/mol. The summed E-state index contributed by atoms with van der Waals surface area (Å²) in [7, 11) is 3.28. The number of fused-ring (bicyclic) bond motifs is 1. The minimum absolute atomic E-state index is 0.359. The molecule has 0 aliphatic heterocycles. The zero-order valence-electron chi connectivity index (χ0n) is 20.1. The molecule has 0 aliphatic rings. The van der Waals surface area contributed by atoms with E-state index < -0.39 is 0 Å². The predicted octanol–water partition coefficient (Wildman–Crippen LogP) is 5.14. The minimum atomic E-state index is 0.359. The van der Waals surface area contributed by atoms with Gasteiger partial charge in [0.15, 0.2) is 0 Å². The van der Waals surface area contributed by atoms with Crippen molar-refractivity contribution in [3.63, 3.8) is 0 Å². The molecule has 0 amide bonds. The van der Waals surface area contributed by atoms with Gasteiger partial charge in [0.05, 0.1) is 19.4 Å². The molecule has 2 heterocycles. The van der Waals surface area contributed by atoms with Crippen molar-refractivity contribution < 1.29 is 14.2 Å². The van der Waals surface area contributed by atoms with Crippen molar-refractivity contribution in [3.05, 3.63) is 76.0 Å². The summed E-state index contributed by atoms with van der Waals surface area (Å²) < 4.78 is 18.6. The lowest BCUT2D eigenvalue weighted by molar-refractivity contribution is 0.184. The van der Waals surface area contributed by atoms with Gasteiger partial charge < -0.3 is 19.9 Å². The summed E-state index contributed by atoms with van der Waals surface area (Å²) in [4.78, 5) is 4.82. The molecule has 7 nitrogen and oxygen atoms in total. The smallest absolute Gasteiger partial charge is 0.147 e. The van der Waals surface area contributed by atoms with Gasteiger partial charge in [0.2, 0.25) is 0 Å². The molecule has 0 saturated carbocycles. The van der Waals surface area contributed by atoms with Crippen LogP contribution < -0.4 is 15.2 Å². The maximum Gasteiger partial charge on any atom is 0.147 e. The summed E-state index contributed by atoms with van der Waals surface area (Å²) in [6, 6.07) is 15.9. The number of rotatable bonds is 7. The maximum absolute atomic E-state index is 9.87. The molecule has 0 aliphatic carbocycles. The van der Waals surface area contributed by atoms with Crippen LogP contribution in [-0.2, 0) is 18.0 Å². The molecule has 2 N–H and O–H groups in total. The molecule has 34 heavy (non-hydrogen) atoms. The number of hydrogen-bond donors (Lipinski definition) is 1. The lowest BCUT2D eigenvalue weighted by Crippen LogP contribution is -2.08. The number of nitrogens with two attached hydrogens (primary N) is 1. The van der Waals surface area contributed by atoms with Crippen LogP contribution in [0.5, 0.6) is 11.5 Å². The van der Waals surface area contributed by atoms with E-state index in [1.807, 2.05) is 67.8 Å². The van der Waals surface area contributed by atoms with Gasteiger partial charge in [0.25, 0.3) is 0 Å². The van der Waals surface area contributed by atoms with Crippen molar-refractivity contribution in [2.24, 2.45) is 0 Å². The SMILES string of the molecule is COCc1cc2c(C#N)c(N)n(-c3c(C)ccc(OCc4ccc(OC)cc4)c3C)c2nc1C. The lowest BCUT2D eigenvalue weighted by Gasteiger charge is -2.18.